The lowest BCUT2D eigenvalue weighted by molar-refractivity contribution is -0.343. The van der Waals surface area contributed by atoms with Gasteiger partial charge in [-0.25, -0.2) is 14.7 Å². The van der Waals surface area contributed by atoms with Crippen molar-refractivity contribution in [1.29, 1.82) is 0 Å². The number of aliphatic hydroxyl groups is 1. The van der Waals surface area contributed by atoms with E-state index in [0.717, 1.165) is 0 Å². The Morgan fingerprint density at radius 1 is 1.64 bits per heavy atom. The van der Waals surface area contributed by atoms with E-state index in [4.69, 9.17) is 9.94 Å². The summed E-state index contributed by atoms with van der Waals surface area (Å²) >= 11 is 0. The molecule has 3 atom stereocenters. The second kappa shape index (κ2) is 6.38. The summed E-state index contributed by atoms with van der Waals surface area (Å²) in [6, 6.07) is 0. The molecule has 1 aliphatic rings. The number of aromatic nitrogens is 2. The lowest BCUT2D eigenvalue weighted by Crippen LogP contribution is -2.30. The minimum absolute atomic E-state index is 0.178. The van der Waals surface area contributed by atoms with Crippen LogP contribution in [0.15, 0.2) is 11.0 Å². The number of nitrogens with one attached hydrogen (secondary N) is 1. The van der Waals surface area contributed by atoms with Crippen molar-refractivity contribution in [2.24, 2.45) is 0 Å². The summed E-state index contributed by atoms with van der Waals surface area (Å²) in [4.78, 5) is 35.6. The summed E-state index contributed by atoms with van der Waals surface area (Å²) in [7, 11) is -5.23. The van der Waals surface area contributed by atoms with Gasteiger partial charge in [0, 0.05) is 6.42 Å². The maximum absolute atomic E-state index is 13.5. The number of halogens is 1. The van der Waals surface area contributed by atoms with E-state index in [0.29, 0.717) is 10.8 Å². The van der Waals surface area contributed by atoms with Gasteiger partial charge in [0.15, 0.2) is 11.6 Å². The van der Waals surface area contributed by atoms with Crippen molar-refractivity contribution < 1.29 is 38.3 Å². The molecule has 0 aromatic carbocycles. The molecule has 0 aliphatic carbocycles. The lowest BCUT2D eigenvalue weighted by atomic mass is 10.2. The SMILES string of the molecule is O=c1nc(NO)c(F)cn1[C@H]1C[C@H](O)[C@@H](COP(=O)([O-])[O-])O1. The van der Waals surface area contributed by atoms with E-state index in [-0.39, 0.29) is 6.42 Å². The average Bonchev–Trinajstić information content (AvgIpc) is 2.79. The van der Waals surface area contributed by atoms with E-state index in [2.05, 4.69) is 9.51 Å². The molecule has 22 heavy (non-hydrogen) atoms. The standard InChI is InChI=1S/C9H13FN3O8P/c10-4-2-13(9(15)11-8(4)12-16)7-1-5(14)6(21-7)3-20-22(17,18)19/h2,5-7,14,16H,1,3H2,(H,11,12,15)(H2,17,18,19)/p-2/t5-,6+,7+/m0/s1. The molecule has 1 aromatic heterocycles. The van der Waals surface area contributed by atoms with Crippen molar-refractivity contribution in [2.45, 2.75) is 24.9 Å². The van der Waals surface area contributed by atoms with Gasteiger partial charge in [0.2, 0.25) is 0 Å². The predicted octanol–water partition coefficient (Wildman–Crippen LogP) is -2.32. The lowest BCUT2D eigenvalue weighted by Gasteiger charge is -2.30. The molecule has 0 spiro atoms. The van der Waals surface area contributed by atoms with Crippen LogP contribution in [-0.2, 0) is 13.8 Å². The minimum atomic E-state index is -5.23. The molecule has 0 saturated carbocycles. The largest absolute Gasteiger partial charge is 0.790 e. The van der Waals surface area contributed by atoms with Crippen LogP contribution in [-0.4, -0.2) is 38.7 Å². The molecule has 3 N–H and O–H groups in total. The van der Waals surface area contributed by atoms with Gasteiger partial charge in [0.1, 0.15) is 12.3 Å². The zero-order valence-corrected chi connectivity index (χ0v) is 11.7. The van der Waals surface area contributed by atoms with Crippen LogP contribution in [0.2, 0.25) is 0 Å². The topological polar surface area (TPSA) is 169 Å². The molecule has 124 valence electrons. The third-order valence-corrected chi connectivity index (χ3v) is 3.39. The summed E-state index contributed by atoms with van der Waals surface area (Å²) in [5, 5.41) is 18.3. The van der Waals surface area contributed by atoms with Crippen LogP contribution in [0.5, 0.6) is 0 Å². The fourth-order valence-corrected chi connectivity index (χ4v) is 2.26. The van der Waals surface area contributed by atoms with Gasteiger partial charge in [0.05, 0.1) is 26.7 Å². The molecule has 11 nitrogen and oxygen atoms in total. The minimum Gasteiger partial charge on any atom is -0.790 e. The molecular formula is C9H11FN3O8P-2. The molecule has 0 unspecified atom stereocenters. The highest BCUT2D eigenvalue weighted by molar-refractivity contribution is 7.43. The molecule has 2 heterocycles. The van der Waals surface area contributed by atoms with Gasteiger partial charge in [-0.3, -0.25) is 9.77 Å². The van der Waals surface area contributed by atoms with E-state index in [1.165, 1.54) is 5.48 Å². The Hall–Kier alpha value is -1.40. The number of ether oxygens (including phenoxy) is 1. The molecule has 0 bridgehead atoms. The van der Waals surface area contributed by atoms with Gasteiger partial charge < -0.3 is 28.7 Å². The van der Waals surface area contributed by atoms with Crippen LogP contribution < -0.4 is 21.0 Å². The van der Waals surface area contributed by atoms with Crippen molar-refractivity contribution in [2.75, 3.05) is 12.1 Å². The zero-order valence-electron chi connectivity index (χ0n) is 10.8. The summed E-state index contributed by atoms with van der Waals surface area (Å²) in [6.45, 7) is -0.733. The van der Waals surface area contributed by atoms with Gasteiger partial charge in [0.25, 0.3) is 0 Å². The summed E-state index contributed by atoms with van der Waals surface area (Å²) in [5.41, 5.74) is 0.421. The number of phosphoric acid groups is 1. The quantitative estimate of drug-likeness (QED) is 0.391. The Labute approximate surface area is 122 Å². The van der Waals surface area contributed by atoms with Crippen molar-refractivity contribution in [1.82, 2.24) is 9.55 Å². The van der Waals surface area contributed by atoms with Crippen LogP contribution in [0, 0.1) is 5.82 Å². The van der Waals surface area contributed by atoms with E-state index in [1.807, 2.05) is 0 Å². The number of nitrogens with zero attached hydrogens (tertiary/aromatic N) is 2. The van der Waals surface area contributed by atoms with Crippen LogP contribution in [0.4, 0.5) is 10.2 Å². The number of rotatable bonds is 5. The van der Waals surface area contributed by atoms with Gasteiger partial charge in [-0.1, -0.05) is 0 Å². The van der Waals surface area contributed by atoms with Crippen LogP contribution in [0.25, 0.3) is 0 Å². The summed E-state index contributed by atoms with van der Waals surface area (Å²) in [6.07, 6.45) is -3.04. The molecule has 2 rings (SSSR count). The Balaban J connectivity index is 2.14. The highest BCUT2D eigenvalue weighted by Gasteiger charge is 2.36. The Kier molecular flexibility index (Phi) is 4.92. The van der Waals surface area contributed by atoms with Crippen molar-refractivity contribution in [3.63, 3.8) is 0 Å². The fourth-order valence-electron chi connectivity index (χ4n) is 1.93. The number of phosphoric ester groups is 1. The van der Waals surface area contributed by atoms with Crippen LogP contribution in [0.1, 0.15) is 12.6 Å². The molecular weight excluding hydrogens is 328 g/mol. The molecule has 0 amide bonds. The van der Waals surface area contributed by atoms with Crippen LogP contribution >= 0.6 is 7.82 Å². The number of hydrogen-bond acceptors (Lipinski definition) is 10. The summed E-state index contributed by atoms with van der Waals surface area (Å²) < 4.78 is 33.7. The van der Waals surface area contributed by atoms with Gasteiger partial charge >= 0.3 is 5.69 Å². The third kappa shape index (κ3) is 3.87. The molecule has 0 radical (unpaired) electrons. The van der Waals surface area contributed by atoms with E-state index in [1.54, 1.807) is 0 Å². The Morgan fingerprint density at radius 2 is 2.32 bits per heavy atom. The molecule has 1 aromatic rings. The van der Waals surface area contributed by atoms with Crippen molar-refractivity contribution >= 4 is 13.6 Å². The van der Waals surface area contributed by atoms with E-state index in [9.17, 15) is 28.6 Å². The first-order valence-electron chi connectivity index (χ1n) is 5.90. The fraction of sp³-hybridized carbons (Fsp3) is 0.556. The second-order valence-electron chi connectivity index (χ2n) is 4.41. The van der Waals surface area contributed by atoms with Gasteiger partial charge in [-0.2, -0.15) is 4.98 Å². The van der Waals surface area contributed by atoms with E-state index >= 15 is 0 Å². The monoisotopic (exact) mass is 339 g/mol. The van der Waals surface area contributed by atoms with Gasteiger partial charge in [-0.05, 0) is 0 Å². The molecule has 13 heteroatoms. The highest BCUT2D eigenvalue weighted by atomic mass is 31.2. The Bertz CT molecular complexity index is 648. The first kappa shape index (κ1) is 17.0. The van der Waals surface area contributed by atoms with Crippen molar-refractivity contribution in [3.8, 4) is 0 Å². The van der Waals surface area contributed by atoms with Crippen LogP contribution in [0.3, 0.4) is 0 Å². The molecule has 1 saturated heterocycles. The predicted molar refractivity (Wildman–Crippen MR) is 62.0 cm³/mol. The molecule has 1 fully saturated rings. The van der Waals surface area contributed by atoms with Crippen molar-refractivity contribution in [3.05, 3.63) is 22.5 Å². The highest BCUT2D eigenvalue weighted by Crippen LogP contribution is 2.32. The van der Waals surface area contributed by atoms with Gasteiger partial charge in [-0.15, -0.1) is 0 Å². The third-order valence-electron chi connectivity index (χ3n) is 2.92. The average molecular weight is 339 g/mol. The summed E-state index contributed by atoms with van der Waals surface area (Å²) in [5.74, 6) is -1.73. The molecule has 1 aliphatic heterocycles. The smallest absolute Gasteiger partial charge is 0.351 e. The normalized spacial score (nSPS) is 25.4. The first-order valence-corrected chi connectivity index (χ1v) is 7.36. The first-order chi connectivity index (χ1) is 10.2. The Morgan fingerprint density at radius 3 is 2.91 bits per heavy atom. The number of hydrogen-bond donors (Lipinski definition) is 3. The number of aliphatic hydroxyl groups excluding tert-OH is 1. The van der Waals surface area contributed by atoms with E-state index < -0.39 is 50.2 Å². The maximum atomic E-state index is 13.5. The zero-order chi connectivity index (χ0) is 16.5. The maximum Gasteiger partial charge on any atom is 0.351 e. The number of anilines is 1. The second-order valence-corrected chi connectivity index (χ2v) is 5.57.